The predicted molar refractivity (Wildman–Crippen MR) is 180 cm³/mol. The van der Waals surface area contributed by atoms with Crippen LogP contribution in [0.4, 0.5) is 38.5 Å². The molecule has 2 fully saturated rings. The van der Waals surface area contributed by atoms with E-state index in [0.717, 1.165) is 112 Å². The second-order valence-corrected chi connectivity index (χ2v) is 13.2. The van der Waals surface area contributed by atoms with E-state index in [9.17, 15) is 27.2 Å². The fourth-order valence-corrected chi connectivity index (χ4v) is 7.00. The monoisotopic (exact) mass is 666 g/mol. The van der Waals surface area contributed by atoms with Crippen molar-refractivity contribution in [3.63, 3.8) is 0 Å². The van der Waals surface area contributed by atoms with Gasteiger partial charge in [0.25, 0.3) is 0 Å². The summed E-state index contributed by atoms with van der Waals surface area (Å²) in [4.78, 5) is 31.0. The Morgan fingerprint density at radius 3 is 1.29 bits per heavy atom. The first-order valence-electron chi connectivity index (χ1n) is 17.4. The molecule has 5 rings (SSSR count). The number of urea groups is 2. The summed E-state index contributed by atoms with van der Waals surface area (Å²) in [7, 11) is 0. The zero-order valence-corrected chi connectivity index (χ0v) is 27.5. The first-order chi connectivity index (χ1) is 23.3. The van der Waals surface area contributed by atoms with E-state index < -0.39 is 35.3 Å². The van der Waals surface area contributed by atoms with Gasteiger partial charge in [-0.3, -0.25) is 0 Å². The van der Waals surface area contributed by atoms with E-state index in [1.807, 2.05) is 24.3 Å². The lowest BCUT2D eigenvalue weighted by Crippen LogP contribution is -2.43. The molecule has 0 saturated heterocycles. The average Bonchev–Trinajstić information content (AvgIpc) is 3.02. The van der Waals surface area contributed by atoms with Gasteiger partial charge in [0.05, 0.1) is 11.4 Å². The van der Waals surface area contributed by atoms with E-state index in [1.54, 1.807) is 9.80 Å². The molecule has 2 saturated carbocycles. The highest BCUT2D eigenvalue weighted by atomic mass is 19.1. The topological polar surface area (TPSA) is 64.7 Å². The third kappa shape index (κ3) is 9.97. The van der Waals surface area contributed by atoms with E-state index in [-0.39, 0.29) is 36.5 Å². The molecule has 0 aliphatic heterocycles. The van der Waals surface area contributed by atoms with Gasteiger partial charge in [-0.05, 0) is 61.1 Å². The van der Waals surface area contributed by atoms with Crippen molar-refractivity contribution in [2.24, 2.45) is 0 Å². The Hall–Kier alpha value is -4.08. The van der Waals surface area contributed by atoms with Crippen LogP contribution in [0.5, 0.6) is 0 Å². The number of rotatable bonds is 8. The van der Waals surface area contributed by atoms with Gasteiger partial charge in [0, 0.05) is 37.3 Å². The molecule has 0 heterocycles. The maximum absolute atomic E-state index is 14.5. The first-order valence-corrected chi connectivity index (χ1v) is 17.4. The molecule has 2 aliphatic rings. The van der Waals surface area contributed by atoms with Crippen LogP contribution < -0.4 is 10.6 Å². The van der Waals surface area contributed by atoms with Crippen LogP contribution in [-0.4, -0.2) is 33.9 Å². The Kier molecular flexibility index (Phi) is 12.7. The number of carbonyl (C=O) groups is 2. The first kappa shape index (κ1) is 35.2. The summed E-state index contributed by atoms with van der Waals surface area (Å²) in [5, 5.41) is 5.34. The molecular formula is C38H46F4N4O2. The summed E-state index contributed by atoms with van der Waals surface area (Å²) < 4.78 is 56.2. The SMILES string of the molecule is O=C(Nc1ccc(F)cc1F)N(Cc1cccc(CN(C(=O)Nc2ccc(F)cc2F)C2CCCCCCC2)c1)C1CCCCCCC1. The normalized spacial score (nSPS) is 16.6. The second kappa shape index (κ2) is 17.4. The van der Waals surface area contributed by atoms with Gasteiger partial charge >= 0.3 is 12.1 Å². The molecule has 3 aromatic carbocycles. The Balaban J connectivity index is 1.38. The fourth-order valence-electron chi connectivity index (χ4n) is 7.00. The van der Waals surface area contributed by atoms with Gasteiger partial charge in [0.15, 0.2) is 0 Å². The number of benzene rings is 3. The van der Waals surface area contributed by atoms with Gasteiger partial charge in [0.2, 0.25) is 0 Å². The van der Waals surface area contributed by atoms with Crippen molar-refractivity contribution in [3.8, 4) is 0 Å². The zero-order chi connectivity index (χ0) is 33.9. The second-order valence-electron chi connectivity index (χ2n) is 13.2. The Morgan fingerprint density at radius 1 is 0.542 bits per heavy atom. The van der Waals surface area contributed by atoms with E-state index in [1.165, 1.54) is 25.0 Å². The molecule has 6 nitrogen and oxygen atoms in total. The molecule has 2 N–H and O–H groups in total. The average molecular weight is 667 g/mol. The highest BCUT2D eigenvalue weighted by Crippen LogP contribution is 2.28. The van der Waals surface area contributed by atoms with Gasteiger partial charge in [0.1, 0.15) is 23.3 Å². The molecule has 3 aromatic rings. The maximum atomic E-state index is 14.5. The number of carbonyl (C=O) groups excluding carboxylic acids is 2. The minimum absolute atomic E-state index is 0.0553. The van der Waals surface area contributed by atoms with Gasteiger partial charge in [-0.25, -0.2) is 27.2 Å². The number of nitrogens with one attached hydrogen (secondary N) is 2. The molecule has 0 spiro atoms. The number of amides is 4. The third-order valence-electron chi connectivity index (χ3n) is 9.60. The van der Waals surface area contributed by atoms with Crippen LogP contribution in [0.15, 0.2) is 60.7 Å². The third-order valence-corrected chi connectivity index (χ3v) is 9.60. The van der Waals surface area contributed by atoms with E-state index >= 15 is 0 Å². The van der Waals surface area contributed by atoms with Crippen molar-refractivity contribution in [2.45, 2.75) is 115 Å². The zero-order valence-electron chi connectivity index (χ0n) is 27.5. The van der Waals surface area contributed by atoms with Crippen molar-refractivity contribution in [2.75, 3.05) is 10.6 Å². The molecule has 48 heavy (non-hydrogen) atoms. The highest BCUT2D eigenvalue weighted by molar-refractivity contribution is 5.90. The van der Waals surface area contributed by atoms with Gasteiger partial charge < -0.3 is 20.4 Å². The molecule has 0 atom stereocenters. The number of anilines is 2. The molecule has 0 aromatic heterocycles. The summed E-state index contributed by atoms with van der Waals surface area (Å²) in [6, 6.07) is 12.9. The van der Waals surface area contributed by atoms with E-state index in [2.05, 4.69) is 10.6 Å². The van der Waals surface area contributed by atoms with Crippen LogP contribution in [0.1, 0.15) is 101 Å². The van der Waals surface area contributed by atoms with E-state index in [0.29, 0.717) is 0 Å². The molecule has 258 valence electrons. The Bertz CT molecular complexity index is 1410. The van der Waals surface area contributed by atoms with E-state index in [4.69, 9.17) is 0 Å². The number of hydrogen-bond acceptors (Lipinski definition) is 2. The van der Waals surface area contributed by atoms with Crippen molar-refractivity contribution in [1.29, 1.82) is 0 Å². The van der Waals surface area contributed by atoms with Crippen molar-refractivity contribution in [3.05, 3.63) is 95.1 Å². The lowest BCUT2D eigenvalue weighted by molar-refractivity contribution is 0.167. The predicted octanol–water partition coefficient (Wildman–Crippen LogP) is 10.5. The van der Waals surface area contributed by atoms with Crippen LogP contribution >= 0.6 is 0 Å². The summed E-state index contributed by atoms with van der Waals surface area (Å²) in [6.45, 7) is 0.535. The number of halogens is 4. The summed E-state index contributed by atoms with van der Waals surface area (Å²) in [6.07, 6.45) is 14.0. The van der Waals surface area contributed by atoms with Crippen molar-refractivity contribution >= 4 is 23.4 Å². The fraction of sp³-hybridized carbons (Fsp3) is 0.474. The summed E-state index contributed by atoms with van der Waals surface area (Å²) >= 11 is 0. The van der Waals surface area contributed by atoms with Crippen molar-refractivity contribution < 1.29 is 27.2 Å². The Morgan fingerprint density at radius 2 is 0.917 bits per heavy atom. The smallest absolute Gasteiger partial charge is 0.317 e. The molecule has 0 radical (unpaired) electrons. The largest absolute Gasteiger partial charge is 0.322 e. The minimum Gasteiger partial charge on any atom is -0.317 e. The highest BCUT2D eigenvalue weighted by Gasteiger charge is 2.28. The summed E-state index contributed by atoms with van der Waals surface area (Å²) in [5.74, 6) is -3.11. The van der Waals surface area contributed by atoms with Crippen LogP contribution in [-0.2, 0) is 13.1 Å². The maximum Gasteiger partial charge on any atom is 0.322 e. The van der Waals surface area contributed by atoms with Crippen LogP contribution in [0, 0.1) is 23.3 Å². The van der Waals surface area contributed by atoms with Gasteiger partial charge in [-0.1, -0.05) is 88.5 Å². The lowest BCUT2D eigenvalue weighted by Gasteiger charge is -2.34. The quantitative estimate of drug-likeness (QED) is 0.235. The van der Waals surface area contributed by atoms with Crippen LogP contribution in [0.3, 0.4) is 0 Å². The van der Waals surface area contributed by atoms with Gasteiger partial charge in [-0.2, -0.15) is 0 Å². The van der Waals surface area contributed by atoms with Crippen LogP contribution in [0.25, 0.3) is 0 Å². The molecule has 0 bridgehead atoms. The lowest BCUT2D eigenvalue weighted by atomic mass is 9.95. The molecule has 4 amide bonds. The Labute approximate surface area is 280 Å². The molecule has 10 heteroatoms. The summed E-state index contributed by atoms with van der Waals surface area (Å²) in [5.41, 5.74) is 1.55. The minimum atomic E-state index is -0.837. The molecule has 2 aliphatic carbocycles. The molecule has 0 unspecified atom stereocenters. The number of hydrogen-bond donors (Lipinski definition) is 2. The van der Waals surface area contributed by atoms with Gasteiger partial charge in [-0.15, -0.1) is 0 Å². The van der Waals surface area contributed by atoms with Crippen LogP contribution in [0.2, 0.25) is 0 Å². The molecular weight excluding hydrogens is 620 g/mol. The standard InChI is InChI=1S/C38H46F4N4O2/c39-29-18-20-35(33(41)23-29)43-37(47)45(31-14-7-3-1-4-8-15-31)25-27-12-11-13-28(22-27)26-46(32-16-9-5-2-6-10-17-32)38(48)44-36-21-19-30(40)24-34(36)42/h11-13,18-24,31-32H,1-10,14-17,25-26H2,(H,43,47)(H,44,48). The number of nitrogens with zero attached hydrogens (tertiary/aromatic N) is 2. The van der Waals surface area contributed by atoms with Crippen molar-refractivity contribution in [1.82, 2.24) is 9.80 Å².